The van der Waals surface area contributed by atoms with E-state index in [9.17, 15) is 4.79 Å². The molecular formula is C9H20ClNO2. The lowest BCUT2D eigenvalue weighted by molar-refractivity contribution is -0.154. The van der Waals surface area contributed by atoms with E-state index in [1.807, 2.05) is 39.8 Å². The fourth-order valence-corrected chi connectivity index (χ4v) is 0.554. The molecule has 0 aliphatic carbocycles. The van der Waals surface area contributed by atoms with E-state index >= 15 is 0 Å². The molecule has 0 spiro atoms. The summed E-state index contributed by atoms with van der Waals surface area (Å²) in [6.07, 6.45) is 0.870. The molecule has 0 N–H and O–H groups in total. The van der Waals surface area contributed by atoms with E-state index in [-0.39, 0.29) is 18.4 Å². The summed E-state index contributed by atoms with van der Waals surface area (Å²) < 4.78 is 5.04. The highest BCUT2D eigenvalue weighted by atomic mass is 35.5. The first kappa shape index (κ1) is 15.2. The Balaban J connectivity index is 0. The molecule has 0 unspecified atom stereocenters. The van der Waals surface area contributed by atoms with Crippen LogP contribution >= 0.6 is 12.4 Å². The first-order chi connectivity index (χ1) is 5.42. The molecule has 0 aliphatic heterocycles. The maximum Gasteiger partial charge on any atom is 0.325 e. The Morgan fingerprint density at radius 1 is 1.38 bits per heavy atom. The number of esters is 1. The summed E-state index contributed by atoms with van der Waals surface area (Å²) in [7, 11) is 3.74. The summed E-state index contributed by atoms with van der Waals surface area (Å²) >= 11 is 0. The zero-order chi connectivity index (χ0) is 9.78. The predicted octanol–water partition coefficient (Wildman–Crippen LogP) is 1.70. The molecule has 0 heterocycles. The van der Waals surface area contributed by atoms with Crippen LogP contribution in [-0.2, 0) is 9.53 Å². The smallest absolute Gasteiger partial charge is 0.325 e. The Morgan fingerprint density at radius 2 is 1.85 bits per heavy atom. The van der Waals surface area contributed by atoms with Crippen molar-refractivity contribution in [2.24, 2.45) is 0 Å². The minimum Gasteiger partial charge on any atom is -0.464 e. The van der Waals surface area contributed by atoms with Crippen LogP contribution in [0.25, 0.3) is 0 Å². The van der Waals surface area contributed by atoms with Crippen molar-refractivity contribution in [3.8, 4) is 0 Å². The molecule has 0 bridgehead atoms. The zero-order valence-electron chi connectivity index (χ0n) is 9.09. The van der Waals surface area contributed by atoms with Gasteiger partial charge >= 0.3 is 5.97 Å². The standard InChI is InChI=1S/C9H19NO2.ClH/c1-6-7-12-8(11)9(2,3)10(4)5;/h6-7H2,1-5H3;1H. The van der Waals surface area contributed by atoms with E-state index in [1.165, 1.54) is 0 Å². The average molecular weight is 210 g/mol. The van der Waals surface area contributed by atoms with Crippen LogP contribution in [0.2, 0.25) is 0 Å². The quantitative estimate of drug-likeness (QED) is 0.661. The highest BCUT2D eigenvalue weighted by molar-refractivity contribution is 5.85. The number of carbonyl (C=O) groups excluding carboxylic acids is 1. The third-order valence-electron chi connectivity index (χ3n) is 2.05. The number of nitrogens with zero attached hydrogens (tertiary/aromatic N) is 1. The van der Waals surface area contributed by atoms with Gasteiger partial charge in [0.05, 0.1) is 6.61 Å². The van der Waals surface area contributed by atoms with Gasteiger partial charge in [0.1, 0.15) is 5.54 Å². The summed E-state index contributed by atoms with van der Waals surface area (Å²) in [4.78, 5) is 13.3. The predicted molar refractivity (Wildman–Crippen MR) is 56.3 cm³/mol. The van der Waals surface area contributed by atoms with Gasteiger partial charge in [0.2, 0.25) is 0 Å². The maximum atomic E-state index is 11.4. The van der Waals surface area contributed by atoms with Crippen molar-refractivity contribution in [1.29, 1.82) is 0 Å². The lowest BCUT2D eigenvalue weighted by Gasteiger charge is -2.29. The first-order valence-electron chi connectivity index (χ1n) is 4.27. The molecule has 4 heteroatoms. The molecule has 0 amide bonds. The topological polar surface area (TPSA) is 29.5 Å². The van der Waals surface area contributed by atoms with Gasteiger partial charge in [-0.15, -0.1) is 12.4 Å². The minimum atomic E-state index is -0.519. The molecule has 0 radical (unpaired) electrons. The molecule has 0 fully saturated rings. The Hall–Kier alpha value is -0.280. The van der Waals surface area contributed by atoms with E-state index in [2.05, 4.69) is 0 Å². The van der Waals surface area contributed by atoms with Crippen molar-refractivity contribution >= 4 is 18.4 Å². The van der Waals surface area contributed by atoms with Gasteiger partial charge in [-0.2, -0.15) is 0 Å². The lowest BCUT2D eigenvalue weighted by Crippen LogP contribution is -2.46. The SMILES string of the molecule is CCCOC(=O)C(C)(C)N(C)C.Cl. The first-order valence-corrected chi connectivity index (χ1v) is 4.27. The van der Waals surface area contributed by atoms with Gasteiger partial charge in [0.15, 0.2) is 0 Å². The fourth-order valence-electron chi connectivity index (χ4n) is 0.554. The number of carbonyl (C=O) groups is 1. The molecule has 0 saturated carbocycles. The van der Waals surface area contributed by atoms with Crippen molar-refractivity contribution in [2.75, 3.05) is 20.7 Å². The van der Waals surface area contributed by atoms with Crippen molar-refractivity contribution in [1.82, 2.24) is 4.90 Å². The van der Waals surface area contributed by atoms with Gasteiger partial charge in [-0.3, -0.25) is 9.69 Å². The van der Waals surface area contributed by atoms with Crippen molar-refractivity contribution in [3.63, 3.8) is 0 Å². The Labute approximate surface area is 86.8 Å². The molecule has 0 aromatic carbocycles. The molecule has 0 atom stereocenters. The van der Waals surface area contributed by atoms with E-state index in [4.69, 9.17) is 4.74 Å². The van der Waals surface area contributed by atoms with Crippen LogP contribution in [0, 0.1) is 0 Å². The molecular weight excluding hydrogens is 190 g/mol. The maximum absolute atomic E-state index is 11.4. The highest BCUT2D eigenvalue weighted by Gasteiger charge is 2.31. The van der Waals surface area contributed by atoms with Crippen LogP contribution in [0.5, 0.6) is 0 Å². The molecule has 80 valence electrons. The summed E-state index contributed by atoms with van der Waals surface area (Å²) in [5, 5.41) is 0. The summed E-state index contributed by atoms with van der Waals surface area (Å²) in [5.41, 5.74) is -0.519. The van der Waals surface area contributed by atoms with Crippen LogP contribution in [0.15, 0.2) is 0 Å². The van der Waals surface area contributed by atoms with Crippen LogP contribution in [0.3, 0.4) is 0 Å². The Kier molecular flexibility index (Phi) is 7.27. The van der Waals surface area contributed by atoms with Gasteiger partial charge in [0.25, 0.3) is 0 Å². The Bertz CT molecular complexity index is 158. The van der Waals surface area contributed by atoms with Crippen molar-refractivity contribution < 1.29 is 9.53 Å². The highest BCUT2D eigenvalue weighted by Crippen LogP contribution is 2.11. The summed E-state index contributed by atoms with van der Waals surface area (Å²) in [5.74, 6) is -0.158. The van der Waals surface area contributed by atoms with E-state index in [0.29, 0.717) is 6.61 Å². The lowest BCUT2D eigenvalue weighted by atomic mass is 10.1. The number of halogens is 1. The Morgan fingerprint density at radius 3 is 2.15 bits per heavy atom. The second kappa shape index (κ2) is 6.22. The normalized spacial score (nSPS) is 10.9. The molecule has 13 heavy (non-hydrogen) atoms. The fraction of sp³-hybridized carbons (Fsp3) is 0.889. The third kappa shape index (κ3) is 4.48. The van der Waals surface area contributed by atoms with Crippen LogP contribution in [0.1, 0.15) is 27.2 Å². The monoisotopic (exact) mass is 209 g/mol. The summed E-state index contributed by atoms with van der Waals surface area (Å²) in [6.45, 7) is 6.20. The van der Waals surface area contributed by atoms with Crippen molar-refractivity contribution in [2.45, 2.75) is 32.7 Å². The zero-order valence-corrected chi connectivity index (χ0v) is 9.90. The number of rotatable bonds is 4. The van der Waals surface area contributed by atoms with Gasteiger partial charge in [-0.25, -0.2) is 0 Å². The largest absolute Gasteiger partial charge is 0.464 e. The van der Waals surface area contributed by atoms with E-state index < -0.39 is 5.54 Å². The van der Waals surface area contributed by atoms with E-state index in [1.54, 1.807) is 0 Å². The van der Waals surface area contributed by atoms with Gasteiger partial charge < -0.3 is 4.74 Å². The molecule has 3 nitrogen and oxygen atoms in total. The molecule has 0 saturated heterocycles. The summed E-state index contributed by atoms with van der Waals surface area (Å²) in [6, 6.07) is 0. The number of hydrogen-bond acceptors (Lipinski definition) is 3. The van der Waals surface area contributed by atoms with Gasteiger partial charge in [-0.05, 0) is 34.4 Å². The third-order valence-corrected chi connectivity index (χ3v) is 2.05. The van der Waals surface area contributed by atoms with Crippen LogP contribution < -0.4 is 0 Å². The molecule has 0 aliphatic rings. The van der Waals surface area contributed by atoms with Gasteiger partial charge in [-0.1, -0.05) is 6.92 Å². The molecule has 0 aromatic rings. The van der Waals surface area contributed by atoms with Crippen molar-refractivity contribution in [3.05, 3.63) is 0 Å². The number of hydrogen-bond donors (Lipinski definition) is 0. The molecule has 0 aromatic heterocycles. The minimum absolute atomic E-state index is 0. The second-order valence-corrected chi connectivity index (χ2v) is 3.59. The van der Waals surface area contributed by atoms with Crippen LogP contribution in [-0.4, -0.2) is 37.1 Å². The number of ether oxygens (including phenoxy) is 1. The molecule has 0 rings (SSSR count). The van der Waals surface area contributed by atoms with Gasteiger partial charge in [0, 0.05) is 0 Å². The van der Waals surface area contributed by atoms with Crippen LogP contribution in [0.4, 0.5) is 0 Å². The number of likely N-dealkylation sites (N-methyl/N-ethyl adjacent to an activating group) is 1. The average Bonchev–Trinajstić information content (AvgIpc) is 1.99. The van der Waals surface area contributed by atoms with E-state index in [0.717, 1.165) is 6.42 Å². The second-order valence-electron chi connectivity index (χ2n) is 3.59.